The third-order valence-corrected chi connectivity index (χ3v) is 6.22. The molecule has 1 aliphatic rings. The molecule has 0 spiro atoms. The van der Waals surface area contributed by atoms with Crippen molar-refractivity contribution in [1.29, 1.82) is 0 Å². The van der Waals surface area contributed by atoms with Crippen molar-refractivity contribution in [1.82, 2.24) is 15.0 Å². The molecule has 0 saturated carbocycles. The van der Waals surface area contributed by atoms with Gasteiger partial charge < -0.3 is 5.11 Å². The normalized spacial score (nSPS) is 13.5. The largest absolute Gasteiger partial charge is 0.512 e. The zero-order chi connectivity index (χ0) is 25.6. The van der Waals surface area contributed by atoms with Crippen LogP contribution < -0.4 is 0 Å². The van der Waals surface area contributed by atoms with Crippen LogP contribution in [-0.2, 0) is 0 Å². The summed E-state index contributed by atoms with van der Waals surface area (Å²) < 4.78 is 0. The van der Waals surface area contributed by atoms with Crippen molar-refractivity contribution >= 4 is 11.1 Å². The zero-order valence-corrected chi connectivity index (χ0v) is 20.5. The van der Waals surface area contributed by atoms with Crippen LogP contribution in [0.2, 0.25) is 0 Å². The summed E-state index contributed by atoms with van der Waals surface area (Å²) in [6.07, 6.45) is 10.9. The van der Waals surface area contributed by atoms with Crippen molar-refractivity contribution in [3.05, 3.63) is 140 Å². The summed E-state index contributed by atoms with van der Waals surface area (Å²) in [5.74, 6) is 1.02. The van der Waals surface area contributed by atoms with Crippen molar-refractivity contribution in [3.63, 3.8) is 0 Å². The van der Waals surface area contributed by atoms with Gasteiger partial charge in [0.2, 0.25) is 0 Å². The Labute approximate surface area is 217 Å². The first kappa shape index (κ1) is 23.9. The summed E-state index contributed by atoms with van der Waals surface area (Å²) in [6.45, 7) is 7.76. The van der Waals surface area contributed by atoms with Crippen LogP contribution in [0.4, 0.5) is 0 Å². The molecule has 4 aromatic rings. The molecular weight excluding hydrogens is 454 g/mol. The molecule has 2 heterocycles. The first-order valence-corrected chi connectivity index (χ1v) is 12.2. The molecule has 0 unspecified atom stereocenters. The predicted octanol–water partition coefficient (Wildman–Crippen LogP) is 8.25. The summed E-state index contributed by atoms with van der Waals surface area (Å²) in [5.41, 5.74) is 7.78. The molecule has 2 aromatic heterocycles. The minimum absolute atomic E-state index is 0.387. The minimum Gasteiger partial charge on any atom is -0.512 e. The number of aliphatic hydroxyl groups is 1. The molecule has 1 N–H and O–H groups in total. The molecule has 0 amide bonds. The molecule has 2 aromatic carbocycles. The van der Waals surface area contributed by atoms with E-state index in [1.165, 1.54) is 0 Å². The highest BCUT2D eigenvalue weighted by Gasteiger charge is 2.13. The van der Waals surface area contributed by atoms with Crippen molar-refractivity contribution in [3.8, 4) is 33.9 Å². The van der Waals surface area contributed by atoms with Gasteiger partial charge in [0, 0.05) is 28.7 Å². The maximum atomic E-state index is 10.3. The fourth-order valence-corrected chi connectivity index (χ4v) is 4.29. The van der Waals surface area contributed by atoms with Crippen LogP contribution in [0.3, 0.4) is 0 Å². The van der Waals surface area contributed by atoms with Gasteiger partial charge in [-0.2, -0.15) is 0 Å². The molecule has 0 radical (unpaired) electrons. The van der Waals surface area contributed by atoms with Crippen molar-refractivity contribution in [2.24, 2.45) is 0 Å². The van der Waals surface area contributed by atoms with Crippen LogP contribution in [0, 0.1) is 0 Å². The van der Waals surface area contributed by atoms with Gasteiger partial charge in [-0.05, 0) is 30.2 Å². The van der Waals surface area contributed by atoms with Gasteiger partial charge in [0.1, 0.15) is 5.76 Å². The van der Waals surface area contributed by atoms with Gasteiger partial charge in [0.15, 0.2) is 5.82 Å². The number of benzene rings is 2. The lowest BCUT2D eigenvalue weighted by Crippen LogP contribution is -1.98. The van der Waals surface area contributed by atoms with Crippen LogP contribution in [0.5, 0.6) is 0 Å². The maximum Gasteiger partial charge on any atom is 0.160 e. The first-order chi connectivity index (χ1) is 18.2. The first-order valence-electron chi connectivity index (χ1n) is 12.2. The molecule has 1 aliphatic carbocycles. The van der Waals surface area contributed by atoms with Crippen molar-refractivity contribution in [2.45, 2.75) is 12.8 Å². The van der Waals surface area contributed by atoms with Gasteiger partial charge in [-0.1, -0.05) is 104 Å². The molecule has 5 rings (SSSR count). The number of allylic oxidation sites excluding steroid dienone is 8. The Bertz CT molecular complexity index is 1540. The Morgan fingerprint density at radius 1 is 0.757 bits per heavy atom. The second kappa shape index (κ2) is 10.8. The fraction of sp³-hybridized carbons (Fsp3) is 0.0606. The summed E-state index contributed by atoms with van der Waals surface area (Å²) in [4.78, 5) is 14.5. The SMILES string of the molecule is C=C/C=C(\C=C)c1cc(-c2ccccc2)nc(-c2ccc(-c3cccc(C4=C(O)CCC=C4)n3)cc2)n1. The van der Waals surface area contributed by atoms with Crippen LogP contribution in [-0.4, -0.2) is 20.1 Å². The van der Waals surface area contributed by atoms with Crippen LogP contribution in [0.15, 0.2) is 128 Å². The Morgan fingerprint density at radius 2 is 1.49 bits per heavy atom. The highest BCUT2D eigenvalue weighted by molar-refractivity contribution is 5.78. The second-order valence-corrected chi connectivity index (χ2v) is 8.68. The highest BCUT2D eigenvalue weighted by atomic mass is 16.3. The zero-order valence-electron chi connectivity index (χ0n) is 20.5. The van der Waals surface area contributed by atoms with E-state index in [1.807, 2.05) is 91.0 Å². The topological polar surface area (TPSA) is 58.9 Å². The van der Waals surface area contributed by atoms with Crippen LogP contribution in [0.25, 0.3) is 45.0 Å². The fourth-order valence-electron chi connectivity index (χ4n) is 4.29. The van der Waals surface area contributed by atoms with Gasteiger partial charge in [0.05, 0.1) is 22.8 Å². The molecule has 37 heavy (non-hydrogen) atoms. The summed E-state index contributed by atoms with van der Waals surface area (Å²) in [6, 6.07) is 26.0. The third kappa shape index (κ3) is 5.24. The molecular formula is C33H27N3O. The number of hydrogen-bond acceptors (Lipinski definition) is 4. The van der Waals surface area contributed by atoms with E-state index >= 15 is 0 Å². The van der Waals surface area contributed by atoms with Crippen LogP contribution >= 0.6 is 0 Å². The van der Waals surface area contributed by atoms with E-state index in [1.54, 1.807) is 12.2 Å². The van der Waals surface area contributed by atoms with Crippen molar-refractivity contribution < 1.29 is 5.11 Å². The molecule has 180 valence electrons. The Hall–Kier alpha value is -4.83. The average molecular weight is 482 g/mol. The quantitative estimate of drug-likeness (QED) is 0.270. The second-order valence-electron chi connectivity index (χ2n) is 8.68. The van der Waals surface area contributed by atoms with Gasteiger partial charge >= 0.3 is 0 Å². The summed E-state index contributed by atoms with van der Waals surface area (Å²) >= 11 is 0. The molecule has 4 heteroatoms. The monoisotopic (exact) mass is 481 g/mol. The lowest BCUT2D eigenvalue weighted by molar-refractivity contribution is 0.391. The number of hydrogen-bond donors (Lipinski definition) is 1. The number of aromatic nitrogens is 3. The molecule has 0 atom stereocenters. The van der Waals surface area contributed by atoms with Gasteiger partial charge in [-0.15, -0.1) is 0 Å². The number of nitrogens with zero attached hydrogens (tertiary/aromatic N) is 3. The van der Waals surface area contributed by atoms with Gasteiger partial charge in [-0.3, -0.25) is 0 Å². The Kier molecular flexibility index (Phi) is 7.00. The van der Waals surface area contributed by atoms with E-state index in [-0.39, 0.29) is 0 Å². The Balaban J connectivity index is 1.53. The van der Waals surface area contributed by atoms with E-state index < -0.39 is 0 Å². The lowest BCUT2D eigenvalue weighted by atomic mass is 10.0. The van der Waals surface area contributed by atoms with E-state index in [0.29, 0.717) is 18.0 Å². The van der Waals surface area contributed by atoms with Crippen LogP contribution in [0.1, 0.15) is 24.2 Å². The number of pyridine rings is 1. The number of aliphatic hydroxyl groups excluding tert-OH is 1. The third-order valence-electron chi connectivity index (χ3n) is 6.22. The van der Waals surface area contributed by atoms with E-state index in [4.69, 9.17) is 15.0 Å². The van der Waals surface area contributed by atoms with E-state index in [2.05, 4.69) is 19.2 Å². The van der Waals surface area contributed by atoms with Gasteiger partial charge in [-0.25, -0.2) is 15.0 Å². The molecule has 0 saturated heterocycles. The van der Waals surface area contributed by atoms with E-state index in [0.717, 1.165) is 57.0 Å². The minimum atomic E-state index is 0.387. The summed E-state index contributed by atoms with van der Waals surface area (Å²) in [5, 5.41) is 10.3. The number of rotatable bonds is 7. The predicted molar refractivity (Wildman–Crippen MR) is 152 cm³/mol. The Morgan fingerprint density at radius 3 is 2.22 bits per heavy atom. The summed E-state index contributed by atoms with van der Waals surface area (Å²) in [7, 11) is 0. The molecule has 0 fully saturated rings. The molecule has 4 nitrogen and oxygen atoms in total. The standard InChI is InChI=1S/C33H27N3O/c1-3-11-23(4-2)30-22-31(24-12-6-5-7-13-24)36-33(35-30)26-20-18-25(19-21-26)28-15-10-16-29(34-28)27-14-8-9-17-32(27)37/h3-8,10-16,18-22,37H,1-2,9,17H2/b23-11+. The lowest BCUT2D eigenvalue weighted by Gasteiger charge is -2.12. The smallest absolute Gasteiger partial charge is 0.160 e. The van der Waals surface area contributed by atoms with E-state index in [9.17, 15) is 5.11 Å². The van der Waals surface area contributed by atoms with Gasteiger partial charge in [0.25, 0.3) is 0 Å². The maximum absolute atomic E-state index is 10.3. The molecule has 0 bridgehead atoms. The molecule has 0 aliphatic heterocycles. The highest BCUT2D eigenvalue weighted by Crippen LogP contribution is 2.29. The van der Waals surface area contributed by atoms with Crippen molar-refractivity contribution in [2.75, 3.05) is 0 Å². The average Bonchev–Trinajstić information content (AvgIpc) is 2.96.